The van der Waals surface area contributed by atoms with Crippen molar-refractivity contribution in [1.29, 1.82) is 0 Å². The molecule has 1 aromatic heterocycles. The molecule has 1 saturated heterocycles. The highest BCUT2D eigenvalue weighted by Gasteiger charge is 2.27. The molecule has 1 saturated carbocycles. The summed E-state index contributed by atoms with van der Waals surface area (Å²) in [5.41, 5.74) is 0. The number of aromatic nitrogens is 2. The SMILES string of the molecule is C1CC[C@@H](c2nc(C3CCC3)no2)NC1. The standard InChI is InChI=1S/C11H17N3O/c1-2-7-12-9(6-1)11-13-10(14-15-11)8-4-3-5-8/h8-9,12H,1-7H2/t9-/m0/s1. The van der Waals surface area contributed by atoms with Crippen molar-refractivity contribution < 1.29 is 4.52 Å². The summed E-state index contributed by atoms with van der Waals surface area (Å²) in [5.74, 6) is 2.31. The van der Waals surface area contributed by atoms with Crippen LogP contribution in [0.4, 0.5) is 0 Å². The molecular weight excluding hydrogens is 190 g/mol. The van der Waals surface area contributed by atoms with Gasteiger partial charge in [0.2, 0.25) is 5.89 Å². The second kappa shape index (κ2) is 3.93. The molecule has 2 heterocycles. The number of hydrogen-bond donors (Lipinski definition) is 1. The first-order valence-electron chi connectivity index (χ1n) is 6.00. The van der Waals surface area contributed by atoms with Gasteiger partial charge in [-0.2, -0.15) is 4.98 Å². The fourth-order valence-corrected chi connectivity index (χ4v) is 2.28. The van der Waals surface area contributed by atoms with Crippen LogP contribution in [0.3, 0.4) is 0 Å². The first-order chi connectivity index (χ1) is 7.43. The molecule has 0 amide bonds. The second-order valence-electron chi connectivity index (χ2n) is 4.62. The average molecular weight is 207 g/mol. The third-order valence-electron chi connectivity index (χ3n) is 3.54. The lowest BCUT2D eigenvalue weighted by atomic mass is 9.85. The molecule has 82 valence electrons. The third kappa shape index (κ3) is 1.78. The molecule has 1 aromatic rings. The molecule has 0 spiro atoms. The van der Waals surface area contributed by atoms with E-state index in [0.29, 0.717) is 12.0 Å². The van der Waals surface area contributed by atoms with E-state index in [0.717, 1.165) is 24.7 Å². The molecule has 2 aliphatic rings. The van der Waals surface area contributed by atoms with Gasteiger partial charge >= 0.3 is 0 Å². The quantitative estimate of drug-likeness (QED) is 0.807. The predicted molar refractivity (Wildman–Crippen MR) is 55.5 cm³/mol. The number of nitrogens with one attached hydrogen (secondary N) is 1. The van der Waals surface area contributed by atoms with Crippen molar-refractivity contribution in [3.05, 3.63) is 11.7 Å². The van der Waals surface area contributed by atoms with Gasteiger partial charge in [0.25, 0.3) is 0 Å². The summed E-state index contributed by atoms with van der Waals surface area (Å²) in [5, 5.41) is 7.51. The molecule has 0 aromatic carbocycles. The minimum atomic E-state index is 0.306. The van der Waals surface area contributed by atoms with Gasteiger partial charge in [0, 0.05) is 5.92 Å². The molecule has 0 bridgehead atoms. The maximum atomic E-state index is 5.34. The van der Waals surface area contributed by atoms with Crippen molar-refractivity contribution in [1.82, 2.24) is 15.5 Å². The smallest absolute Gasteiger partial charge is 0.243 e. The van der Waals surface area contributed by atoms with Crippen LogP contribution in [0.2, 0.25) is 0 Å². The molecule has 0 radical (unpaired) electrons. The molecule has 2 fully saturated rings. The Morgan fingerprint density at radius 1 is 1.13 bits per heavy atom. The molecule has 4 heteroatoms. The van der Waals surface area contributed by atoms with E-state index in [-0.39, 0.29) is 0 Å². The van der Waals surface area contributed by atoms with Gasteiger partial charge in [0.15, 0.2) is 5.82 Å². The summed E-state index contributed by atoms with van der Waals surface area (Å²) in [4.78, 5) is 4.52. The Labute approximate surface area is 89.4 Å². The monoisotopic (exact) mass is 207 g/mol. The van der Waals surface area contributed by atoms with E-state index < -0.39 is 0 Å². The zero-order valence-electron chi connectivity index (χ0n) is 8.91. The van der Waals surface area contributed by atoms with Crippen molar-refractivity contribution in [2.24, 2.45) is 0 Å². The molecule has 1 aliphatic heterocycles. The molecule has 1 aliphatic carbocycles. The van der Waals surface area contributed by atoms with E-state index in [1.807, 2.05) is 0 Å². The van der Waals surface area contributed by atoms with Crippen LogP contribution in [0.1, 0.15) is 62.2 Å². The van der Waals surface area contributed by atoms with Gasteiger partial charge in [0.1, 0.15) is 0 Å². The van der Waals surface area contributed by atoms with E-state index in [1.165, 1.54) is 32.1 Å². The van der Waals surface area contributed by atoms with Crippen LogP contribution in [-0.2, 0) is 0 Å². The van der Waals surface area contributed by atoms with Gasteiger partial charge < -0.3 is 9.84 Å². The average Bonchev–Trinajstić information content (AvgIpc) is 2.66. The molecule has 1 atom stereocenters. The van der Waals surface area contributed by atoms with Crippen LogP contribution in [-0.4, -0.2) is 16.7 Å². The second-order valence-corrected chi connectivity index (χ2v) is 4.62. The highest BCUT2D eigenvalue weighted by Crippen LogP contribution is 2.35. The van der Waals surface area contributed by atoms with Crippen molar-refractivity contribution in [2.75, 3.05) is 6.54 Å². The van der Waals surface area contributed by atoms with Gasteiger partial charge in [0.05, 0.1) is 6.04 Å². The van der Waals surface area contributed by atoms with Crippen molar-refractivity contribution in [3.63, 3.8) is 0 Å². The van der Waals surface area contributed by atoms with Crippen LogP contribution in [0.5, 0.6) is 0 Å². The van der Waals surface area contributed by atoms with Gasteiger partial charge in [-0.1, -0.05) is 18.0 Å². The molecule has 1 N–H and O–H groups in total. The third-order valence-corrected chi connectivity index (χ3v) is 3.54. The first-order valence-corrected chi connectivity index (χ1v) is 6.00. The number of rotatable bonds is 2. The zero-order chi connectivity index (χ0) is 10.1. The molecule has 3 rings (SSSR count). The van der Waals surface area contributed by atoms with E-state index in [1.54, 1.807) is 0 Å². The van der Waals surface area contributed by atoms with Gasteiger partial charge in [-0.05, 0) is 32.2 Å². The number of hydrogen-bond acceptors (Lipinski definition) is 4. The topological polar surface area (TPSA) is 51.0 Å². The molecule has 15 heavy (non-hydrogen) atoms. The van der Waals surface area contributed by atoms with Gasteiger partial charge in [-0.25, -0.2) is 0 Å². The largest absolute Gasteiger partial charge is 0.338 e. The Morgan fingerprint density at radius 2 is 2.07 bits per heavy atom. The summed E-state index contributed by atoms with van der Waals surface area (Å²) in [6.45, 7) is 1.08. The maximum Gasteiger partial charge on any atom is 0.243 e. The summed E-state index contributed by atoms with van der Waals surface area (Å²) >= 11 is 0. The number of piperidine rings is 1. The lowest BCUT2D eigenvalue weighted by Crippen LogP contribution is -2.27. The minimum absolute atomic E-state index is 0.306. The van der Waals surface area contributed by atoms with Crippen LogP contribution < -0.4 is 5.32 Å². The Bertz CT molecular complexity index is 326. The lowest BCUT2D eigenvalue weighted by Gasteiger charge is -2.21. The highest BCUT2D eigenvalue weighted by atomic mass is 16.5. The van der Waals surface area contributed by atoms with Crippen LogP contribution >= 0.6 is 0 Å². The van der Waals surface area contributed by atoms with Crippen LogP contribution in [0, 0.1) is 0 Å². The first kappa shape index (κ1) is 9.33. The Balaban J connectivity index is 1.71. The summed E-state index contributed by atoms with van der Waals surface area (Å²) in [7, 11) is 0. The fourth-order valence-electron chi connectivity index (χ4n) is 2.28. The predicted octanol–water partition coefficient (Wildman–Crippen LogP) is 2.15. The van der Waals surface area contributed by atoms with Crippen molar-refractivity contribution >= 4 is 0 Å². The highest BCUT2D eigenvalue weighted by molar-refractivity contribution is 5.02. The summed E-state index contributed by atoms with van der Waals surface area (Å²) in [6, 6.07) is 0.306. The normalized spacial score (nSPS) is 27.6. The van der Waals surface area contributed by atoms with Crippen molar-refractivity contribution in [2.45, 2.75) is 50.5 Å². The van der Waals surface area contributed by atoms with Crippen LogP contribution in [0.15, 0.2) is 4.52 Å². The zero-order valence-corrected chi connectivity index (χ0v) is 8.91. The lowest BCUT2D eigenvalue weighted by molar-refractivity contribution is 0.292. The molecule has 4 nitrogen and oxygen atoms in total. The minimum Gasteiger partial charge on any atom is -0.338 e. The Morgan fingerprint density at radius 3 is 2.73 bits per heavy atom. The number of nitrogens with zero attached hydrogens (tertiary/aromatic N) is 2. The van der Waals surface area contributed by atoms with Crippen LogP contribution in [0.25, 0.3) is 0 Å². The Kier molecular flexibility index (Phi) is 2.44. The summed E-state index contributed by atoms with van der Waals surface area (Å²) < 4.78 is 5.34. The van der Waals surface area contributed by atoms with E-state index >= 15 is 0 Å². The maximum absolute atomic E-state index is 5.34. The van der Waals surface area contributed by atoms with E-state index in [2.05, 4.69) is 15.5 Å². The Hall–Kier alpha value is -0.900. The fraction of sp³-hybridized carbons (Fsp3) is 0.818. The molecule has 0 unspecified atom stereocenters. The van der Waals surface area contributed by atoms with Gasteiger partial charge in [-0.3, -0.25) is 0 Å². The van der Waals surface area contributed by atoms with Crippen molar-refractivity contribution in [3.8, 4) is 0 Å². The van der Waals surface area contributed by atoms with Gasteiger partial charge in [-0.15, -0.1) is 0 Å². The van der Waals surface area contributed by atoms with E-state index in [4.69, 9.17) is 4.52 Å². The summed E-state index contributed by atoms with van der Waals surface area (Å²) in [6.07, 6.45) is 7.44. The van der Waals surface area contributed by atoms with E-state index in [9.17, 15) is 0 Å². The molecular formula is C11H17N3O.